The van der Waals surface area contributed by atoms with Crippen molar-refractivity contribution in [3.8, 4) is 5.75 Å². The zero-order chi connectivity index (χ0) is 13.2. The van der Waals surface area contributed by atoms with Gasteiger partial charge in [0.2, 0.25) is 8.77 Å². The van der Waals surface area contributed by atoms with Crippen LogP contribution in [0.2, 0.25) is 0 Å². The zero-order valence-corrected chi connectivity index (χ0v) is 12.8. The van der Waals surface area contributed by atoms with Crippen molar-refractivity contribution in [1.82, 2.24) is 0 Å². The van der Waals surface area contributed by atoms with Crippen LogP contribution < -0.4 is 4.18 Å². The summed E-state index contributed by atoms with van der Waals surface area (Å²) in [4.78, 5) is 0.519. The molecule has 18 heavy (non-hydrogen) atoms. The lowest BCUT2D eigenvalue weighted by Crippen LogP contribution is -2.08. The van der Waals surface area contributed by atoms with E-state index >= 15 is 0 Å². The van der Waals surface area contributed by atoms with Gasteiger partial charge in [-0.15, -0.1) is 0 Å². The molecule has 2 aromatic rings. The van der Waals surface area contributed by atoms with Crippen molar-refractivity contribution in [3.63, 3.8) is 0 Å². The molecule has 0 bridgehead atoms. The predicted molar refractivity (Wildman–Crippen MR) is 79.7 cm³/mol. The minimum Gasteiger partial charge on any atom is -0.397 e. The van der Waals surface area contributed by atoms with E-state index in [-0.39, 0.29) is 0 Å². The van der Waals surface area contributed by atoms with Crippen LogP contribution in [0.5, 0.6) is 5.75 Å². The molecule has 0 saturated heterocycles. The number of aryl methyl sites for hydroxylation is 1. The molecule has 0 amide bonds. The number of hydrogen-bond donors (Lipinski definition) is 0. The average Bonchev–Trinajstić information content (AvgIpc) is 2.32. The van der Waals surface area contributed by atoms with Crippen LogP contribution in [0.15, 0.2) is 57.9 Å². The zero-order valence-electron chi connectivity index (χ0n) is 9.63. The van der Waals surface area contributed by atoms with Crippen LogP contribution in [-0.2, 0) is 20.0 Å². The average molecular weight is 343 g/mol. The van der Waals surface area contributed by atoms with Crippen LogP contribution in [0.25, 0.3) is 0 Å². The second kappa shape index (κ2) is 5.38. The highest BCUT2D eigenvalue weighted by molar-refractivity contribution is 9.10. The maximum atomic E-state index is 12.3. The van der Waals surface area contributed by atoms with E-state index in [0.29, 0.717) is 10.6 Å². The molecule has 0 aromatic heterocycles. The van der Waals surface area contributed by atoms with Gasteiger partial charge >= 0.3 is 0 Å². The van der Waals surface area contributed by atoms with E-state index in [2.05, 4.69) is 15.9 Å². The van der Waals surface area contributed by atoms with Crippen molar-refractivity contribution >= 4 is 35.9 Å². The fourth-order valence-corrected chi connectivity index (χ4v) is 3.13. The SMILES string of the molecule is Cc1ccc(S(=O)(=S)Oc2ccc(Br)cc2)cc1. The van der Waals surface area contributed by atoms with Crippen molar-refractivity contribution in [3.05, 3.63) is 58.6 Å². The second-order valence-electron chi connectivity index (χ2n) is 3.80. The quantitative estimate of drug-likeness (QED) is 0.847. The molecule has 2 rings (SSSR count). The van der Waals surface area contributed by atoms with Crippen molar-refractivity contribution in [2.75, 3.05) is 0 Å². The van der Waals surface area contributed by atoms with Crippen molar-refractivity contribution < 1.29 is 8.39 Å². The summed E-state index contributed by atoms with van der Waals surface area (Å²) >= 11 is 8.39. The summed E-state index contributed by atoms with van der Waals surface area (Å²) in [5.41, 5.74) is 1.09. The lowest BCUT2D eigenvalue weighted by molar-refractivity contribution is 0.559. The van der Waals surface area contributed by atoms with Gasteiger partial charge in [0.15, 0.2) is 0 Å². The molecule has 0 fully saturated rings. The molecule has 0 aliphatic carbocycles. The Hall–Kier alpha value is -0.910. The van der Waals surface area contributed by atoms with Crippen molar-refractivity contribution in [2.45, 2.75) is 11.8 Å². The Balaban J connectivity index is 2.27. The van der Waals surface area contributed by atoms with E-state index in [4.69, 9.17) is 15.4 Å². The fourth-order valence-electron chi connectivity index (χ4n) is 1.37. The number of rotatable bonds is 3. The van der Waals surface area contributed by atoms with Gasteiger partial charge in [0.25, 0.3) is 0 Å². The van der Waals surface area contributed by atoms with Crippen LogP contribution in [0, 0.1) is 6.92 Å². The van der Waals surface area contributed by atoms with Gasteiger partial charge in [-0.3, -0.25) is 0 Å². The Morgan fingerprint density at radius 1 is 1.06 bits per heavy atom. The number of benzene rings is 2. The van der Waals surface area contributed by atoms with Gasteiger partial charge in [0, 0.05) is 15.7 Å². The van der Waals surface area contributed by atoms with E-state index in [9.17, 15) is 4.21 Å². The van der Waals surface area contributed by atoms with E-state index in [0.717, 1.165) is 10.0 Å². The molecular weight excluding hydrogens is 332 g/mol. The topological polar surface area (TPSA) is 26.3 Å². The molecule has 2 nitrogen and oxygen atoms in total. The molecule has 1 atom stereocenters. The maximum Gasteiger partial charge on any atom is 0.215 e. The lowest BCUT2D eigenvalue weighted by Gasteiger charge is -2.10. The van der Waals surface area contributed by atoms with Crippen LogP contribution in [0.4, 0.5) is 0 Å². The maximum absolute atomic E-state index is 12.3. The van der Waals surface area contributed by atoms with Gasteiger partial charge in [-0.1, -0.05) is 33.6 Å². The van der Waals surface area contributed by atoms with Gasteiger partial charge in [-0.05, 0) is 43.3 Å². The van der Waals surface area contributed by atoms with Gasteiger partial charge in [-0.25, -0.2) is 4.21 Å². The summed E-state index contributed by atoms with van der Waals surface area (Å²) in [6.07, 6.45) is 0. The van der Waals surface area contributed by atoms with Gasteiger partial charge in [-0.2, -0.15) is 0 Å². The minimum atomic E-state index is -2.92. The Morgan fingerprint density at radius 3 is 2.17 bits per heavy atom. The van der Waals surface area contributed by atoms with Crippen molar-refractivity contribution in [1.29, 1.82) is 0 Å². The molecular formula is C13H11BrO2S2. The summed E-state index contributed by atoms with van der Waals surface area (Å²) in [6.45, 7) is 1.96. The molecule has 0 saturated carbocycles. The lowest BCUT2D eigenvalue weighted by atomic mass is 10.2. The predicted octanol–water partition coefficient (Wildman–Crippen LogP) is 3.86. The van der Waals surface area contributed by atoms with E-state index < -0.39 is 8.77 Å². The third kappa shape index (κ3) is 3.31. The van der Waals surface area contributed by atoms with Gasteiger partial charge in [0.05, 0.1) is 4.90 Å². The number of halogens is 1. The second-order valence-corrected chi connectivity index (χ2v) is 7.58. The normalized spacial score (nSPS) is 13.9. The van der Waals surface area contributed by atoms with Crippen LogP contribution in [-0.4, -0.2) is 4.21 Å². The monoisotopic (exact) mass is 342 g/mol. The summed E-state index contributed by atoms with van der Waals surface area (Å²) in [5, 5.41) is 0. The fraction of sp³-hybridized carbons (Fsp3) is 0.0769. The standard InChI is InChI=1S/C13H11BrO2S2/c1-10-2-8-13(9-3-10)18(15,17)16-12-6-4-11(14)5-7-12/h2-9H,1H3. The number of hydrogen-bond acceptors (Lipinski definition) is 3. The summed E-state index contributed by atoms with van der Waals surface area (Å²) in [5.74, 6) is 0.499. The Kier molecular flexibility index (Phi) is 4.04. The highest BCUT2D eigenvalue weighted by Gasteiger charge is 2.11. The molecule has 0 aliphatic heterocycles. The van der Waals surface area contributed by atoms with Crippen LogP contribution >= 0.6 is 15.9 Å². The van der Waals surface area contributed by atoms with Crippen LogP contribution in [0.1, 0.15) is 5.56 Å². The molecule has 5 heteroatoms. The Labute approximate surface area is 120 Å². The van der Waals surface area contributed by atoms with E-state index in [1.807, 2.05) is 31.2 Å². The first-order valence-electron chi connectivity index (χ1n) is 5.24. The first-order chi connectivity index (χ1) is 8.47. The molecule has 0 heterocycles. The Bertz CT molecular complexity index is 632. The molecule has 0 radical (unpaired) electrons. The molecule has 0 aliphatic rings. The molecule has 2 aromatic carbocycles. The largest absolute Gasteiger partial charge is 0.397 e. The minimum absolute atomic E-state index is 0.499. The molecule has 94 valence electrons. The first kappa shape index (κ1) is 13.5. The summed E-state index contributed by atoms with van der Waals surface area (Å²) < 4.78 is 18.7. The smallest absolute Gasteiger partial charge is 0.215 e. The summed E-state index contributed by atoms with van der Waals surface area (Å²) in [6, 6.07) is 14.3. The third-order valence-electron chi connectivity index (χ3n) is 2.33. The van der Waals surface area contributed by atoms with Crippen molar-refractivity contribution in [2.24, 2.45) is 0 Å². The first-order valence-corrected chi connectivity index (χ1v) is 8.44. The highest BCUT2D eigenvalue weighted by atomic mass is 79.9. The molecule has 0 N–H and O–H groups in total. The van der Waals surface area contributed by atoms with Crippen LogP contribution in [0.3, 0.4) is 0 Å². The molecule has 1 unspecified atom stereocenters. The highest BCUT2D eigenvalue weighted by Crippen LogP contribution is 2.21. The third-order valence-corrected chi connectivity index (χ3v) is 4.90. The van der Waals surface area contributed by atoms with E-state index in [1.165, 1.54) is 0 Å². The van der Waals surface area contributed by atoms with Gasteiger partial charge in [0.1, 0.15) is 5.75 Å². The Morgan fingerprint density at radius 2 is 1.61 bits per heavy atom. The summed E-state index contributed by atoms with van der Waals surface area (Å²) in [7, 11) is -2.92. The van der Waals surface area contributed by atoms with E-state index in [1.54, 1.807) is 24.3 Å². The molecule has 0 spiro atoms. The van der Waals surface area contributed by atoms with Gasteiger partial charge < -0.3 is 4.18 Å².